The van der Waals surface area contributed by atoms with Crippen LogP contribution in [0.1, 0.15) is 17.7 Å². The van der Waals surface area contributed by atoms with Crippen LogP contribution in [0.4, 0.5) is 0 Å². The maximum absolute atomic E-state index is 11.5. The fraction of sp³-hybridized carbons (Fsp3) is 0.400. The summed E-state index contributed by atoms with van der Waals surface area (Å²) in [6.07, 6.45) is 2.83. The summed E-state index contributed by atoms with van der Waals surface area (Å²) in [4.78, 5) is 15.0. The first kappa shape index (κ1) is 13.5. The number of carbonyl (C=O) groups excluding carboxylic acids is 1. The number of halogens is 1. The van der Waals surface area contributed by atoms with Crippen molar-refractivity contribution in [3.63, 3.8) is 0 Å². The lowest BCUT2D eigenvalue weighted by Gasteiger charge is -2.23. The number of amides is 1. The highest BCUT2D eigenvalue weighted by Crippen LogP contribution is 2.31. The lowest BCUT2D eigenvalue weighted by atomic mass is 9.91. The molecule has 1 aromatic heterocycles. The summed E-state index contributed by atoms with van der Waals surface area (Å²) in [5.74, 6) is 0.918. The van der Waals surface area contributed by atoms with Gasteiger partial charge in [-0.25, -0.2) is 0 Å². The topological polar surface area (TPSA) is 54.1 Å². The van der Waals surface area contributed by atoms with Gasteiger partial charge < -0.3 is 15.0 Å². The molecule has 0 spiro atoms. The average molecular weight is 337 g/mol. The number of benzene rings is 1. The number of hydrogen-bond acceptors (Lipinski definition) is 2. The summed E-state index contributed by atoms with van der Waals surface area (Å²) in [5.41, 5.74) is 3.74. The van der Waals surface area contributed by atoms with Gasteiger partial charge in [-0.05, 0) is 43.0 Å². The molecule has 3 rings (SSSR count). The van der Waals surface area contributed by atoms with Crippen molar-refractivity contribution in [2.45, 2.75) is 25.3 Å². The molecule has 0 fully saturated rings. The Morgan fingerprint density at radius 1 is 1.55 bits per heavy atom. The van der Waals surface area contributed by atoms with E-state index in [0.29, 0.717) is 5.33 Å². The minimum absolute atomic E-state index is 0.0517. The first-order valence-corrected chi connectivity index (χ1v) is 7.86. The van der Waals surface area contributed by atoms with Crippen LogP contribution in [-0.2, 0) is 17.6 Å². The highest BCUT2D eigenvalue weighted by atomic mass is 79.9. The van der Waals surface area contributed by atoms with Gasteiger partial charge in [-0.15, -0.1) is 0 Å². The summed E-state index contributed by atoms with van der Waals surface area (Å²) in [5, 5.41) is 4.63. The summed E-state index contributed by atoms with van der Waals surface area (Å²) in [6, 6.07) is 6.31. The number of nitrogens with one attached hydrogen (secondary N) is 2. The molecule has 1 aromatic carbocycles. The number of H-pyrrole nitrogens is 1. The van der Waals surface area contributed by atoms with E-state index in [4.69, 9.17) is 4.74 Å². The maximum atomic E-state index is 11.5. The zero-order chi connectivity index (χ0) is 14.1. The summed E-state index contributed by atoms with van der Waals surface area (Å²) >= 11 is 3.19. The summed E-state index contributed by atoms with van der Waals surface area (Å²) < 4.78 is 5.30. The number of aryl methyl sites for hydroxylation is 1. The second-order valence-electron chi connectivity index (χ2n) is 5.13. The van der Waals surface area contributed by atoms with Crippen LogP contribution in [0.15, 0.2) is 18.2 Å². The Labute approximate surface area is 126 Å². The van der Waals surface area contributed by atoms with Crippen molar-refractivity contribution in [3.8, 4) is 5.75 Å². The number of ether oxygens (including phenoxy) is 1. The maximum Gasteiger partial charge on any atom is 0.230 e. The highest BCUT2D eigenvalue weighted by molar-refractivity contribution is 9.09. The third-order valence-corrected chi connectivity index (χ3v) is 4.39. The first-order valence-electron chi connectivity index (χ1n) is 6.74. The quantitative estimate of drug-likeness (QED) is 0.846. The van der Waals surface area contributed by atoms with Crippen LogP contribution in [-0.4, -0.2) is 29.4 Å². The number of aromatic amines is 1. The summed E-state index contributed by atoms with van der Waals surface area (Å²) in [7, 11) is 1.68. The molecule has 0 radical (unpaired) electrons. The number of aromatic nitrogens is 1. The zero-order valence-electron chi connectivity index (χ0n) is 11.3. The number of rotatable bonds is 3. The van der Waals surface area contributed by atoms with Gasteiger partial charge in [0.25, 0.3) is 0 Å². The monoisotopic (exact) mass is 336 g/mol. The molecule has 0 aliphatic heterocycles. The van der Waals surface area contributed by atoms with E-state index in [1.54, 1.807) is 7.11 Å². The minimum Gasteiger partial charge on any atom is -0.497 e. The van der Waals surface area contributed by atoms with E-state index in [2.05, 4.69) is 38.4 Å². The second-order valence-corrected chi connectivity index (χ2v) is 5.70. The van der Waals surface area contributed by atoms with E-state index in [1.165, 1.54) is 16.6 Å². The lowest BCUT2D eigenvalue weighted by Crippen LogP contribution is -2.39. The average Bonchev–Trinajstić information content (AvgIpc) is 2.84. The lowest BCUT2D eigenvalue weighted by molar-refractivity contribution is -0.119. The molecule has 4 nitrogen and oxygen atoms in total. The molecule has 1 amide bonds. The summed E-state index contributed by atoms with van der Waals surface area (Å²) in [6.45, 7) is 0. The van der Waals surface area contributed by atoms with Gasteiger partial charge in [0.15, 0.2) is 0 Å². The number of hydrogen-bond donors (Lipinski definition) is 2. The third kappa shape index (κ3) is 2.42. The van der Waals surface area contributed by atoms with Crippen molar-refractivity contribution in [3.05, 3.63) is 29.5 Å². The Kier molecular flexibility index (Phi) is 3.70. The van der Waals surface area contributed by atoms with Gasteiger partial charge in [0, 0.05) is 22.6 Å². The van der Waals surface area contributed by atoms with Gasteiger partial charge in [-0.2, -0.15) is 0 Å². The molecule has 0 saturated heterocycles. The Balaban J connectivity index is 1.92. The molecule has 1 aliphatic carbocycles. The van der Waals surface area contributed by atoms with Crippen molar-refractivity contribution >= 4 is 32.7 Å². The number of methoxy groups -OCH3 is 1. The normalized spacial score (nSPS) is 17.8. The van der Waals surface area contributed by atoms with Crippen LogP contribution >= 0.6 is 15.9 Å². The Morgan fingerprint density at radius 3 is 3.15 bits per heavy atom. The smallest absolute Gasteiger partial charge is 0.230 e. The predicted molar refractivity (Wildman–Crippen MR) is 82.6 cm³/mol. The third-order valence-electron chi connectivity index (χ3n) is 3.88. The Bertz CT molecular complexity index is 651. The predicted octanol–water partition coefficient (Wildman–Crippen LogP) is 2.54. The number of alkyl halides is 1. The van der Waals surface area contributed by atoms with Crippen molar-refractivity contribution in [2.75, 3.05) is 12.4 Å². The molecule has 0 bridgehead atoms. The Hall–Kier alpha value is -1.49. The van der Waals surface area contributed by atoms with Crippen LogP contribution in [0, 0.1) is 0 Å². The largest absolute Gasteiger partial charge is 0.497 e. The van der Waals surface area contributed by atoms with Crippen LogP contribution in [0.2, 0.25) is 0 Å². The molecule has 2 N–H and O–H groups in total. The van der Waals surface area contributed by atoms with Crippen molar-refractivity contribution in [1.82, 2.24) is 10.3 Å². The highest BCUT2D eigenvalue weighted by Gasteiger charge is 2.23. The van der Waals surface area contributed by atoms with Crippen LogP contribution < -0.4 is 10.1 Å². The molecular weight excluding hydrogens is 320 g/mol. The van der Waals surface area contributed by atoms with Crippen molar-refractivity contribution in [1.29, 1.82) is 0 Å². The van der Waals surface area contributed by atoms with E-state index < -0.39 is 0 Å². The fourth-order valence-electron chi connectivity index (χ4n) is 2.91. The van der Waals surface area contributed by atoms with Gasteiger partial charge in [-0.3, -0.25) is 4.79 Å². The van der Waals surface area contributed by atoms with Gasteiger partial charge in [0.05, 0.1) is 12.4 Å². The molecule has 20 heavy (non-hydrogen) atoms. The SMILES string of the molecule is COc1ccc2[nH]c3c(c2c1)CC(NC(=O)CBr)CC3. The number of carbonyl (C=O) groups is 1. The van der Waals surface area contributed by atoms with Crippen molar-refractivity contribution in [2.24, 2.45) is 0 Å². The molecule has 106 valence electrons. The molecule has 1 atom stereocenters. The molecule has 1 aliphatic rings. The van der Waals surface area contributed by atoms with Crippen molar-refractivity contribution < 1.29 is 9.53 Å². The zero-order valence-corrected chi connectivity index (χ0v) is 12.9. The molecular formula is C15H17BrN2O2. The van der Waals surface area contributed by atoms with Crippen LogP contribution in [0.3, 0.4) is 0 Å². The first-order chi connectivity index (χ1) is 9.71. The van der Waals surface area contributed by atoms with Gasteiger partial charge in [-0.1, -0.05) is 15.9 Å². The molecule has 5 heteroatoms. The Morgan fingerprint density at radius 2 is 2.40 bits per heavy atom. The second kappa shape index (κ2) is 5.48. The van der Waals surface area contributed by atoms with E-state index in [9.17, 15) is 4.79 Å². The van der Waals surface area contributed by atoms with E-state index in [0.717, 1.165) is 30.5 Å². The van der Waals surface area contributed by atoms with Gasteiger partial charge in [0.1, 0.15) is 5.75 Å². The molecule has 2 aromatic rings. The van der Waals surface area contributed by atoms with E-state index >= 15 is 0 Å². The van der Waals surface area contributed by atoms with Crippen LogP contribution in [0.25, 0.3) is 10.9 Å². The van der Waals surface area contributed by atoms with Crippen LogP contribution in [0.5, 0.6) is 5.75 Å². The van der Waals surface area contributed by atoms with E-state index in [1.807, 2.05) is 6.07 Å². The van der Waals surface area contributed by atoms with Gasteiger partial charge in [0.2, 0.25) is 5.91 Å². The molecule has 0 saturated carbocycles. The minimum atomic E-state index is 0.0517. The molecule has 1 heterocycles. The molecule has 1 unspecified atom stereocenters. The van der Waals surface area contributed by atoms with E-state index in [-0.39, 0.29) is 11.9 Å². The fourth-order valence-corrected chi connectivity index (χ4v) is 3.07. The number of fused-ring (bicyclic) bond motifs is 3. The van der Waals surface area contributed by atoms with Gasteiger partial charge >= 0.3 is 0 Å². The standard InChI is InChI=1S/C15H17BrN2O2/c1-20-10-3-5-14-12(7-10)11-6-9(17-15(19)8-16)2-4-13(11)18-14/h3,5,7,9,18H,2,4,6,8H2,1H3,(H,17,19).